The highest BCUT2D eigenvalue weighted by Crippen LogP contribution is 2.28. The number of rotatable bonds is 7. The Labute approximate surface area is 179 Å². The first-order valence-electron chi connectivity index (χ1n) is 10.1. The summed E-state index contributed by atoms with van der Waals surface area (Å²) in [4.78, 5) is 23.0. The first-order chi connectivity index (χ1) is 15.1. The van der Waals surface area contributed by atoms with Crippen LogP contribution in [0.5, 0.6) is 11.5 Å². The van der Waals surface area contributed by atoms with Gasteiger partial charge in [0.25, 0.3) is 11.8 Å². The summed E-state index contributed by atoms with van der Waals surface area (Å²) in [5.74, 6) is 1.72. The molecule has 1 amide bonds. The van der Waals surface area contributed by atoms with Gasteiger partial charge in [-0.1, -0.05) is 17.3 Å². The van der Waals surface area contributed by atoms with E-state index in [1.807, 2.05) is 44.2 Å². The van der Waals surface area contributed by atoms with Crippen molar-refractivity contribution in [2.45, 2.75) is 20.0 Å². The largest absolute Gasteiger partial charge is 0.490 e. The normalized spacial score (nSPS) is 16.2. The molecule has 0 radical (unpaired) electrons. The molecule has 1 atom stereocenters. The fourth-order valence-electron chi connectivity index (χ4n) is 3.22. The Bertz CT molecular complexity index is 1020. The number of amides is 1. The molecule has 0 bridgehead atoms. The third-order valence-electron chi connectivity index (χ3n) is 4.78. The van der Waals surface area contributed by atoms with Gasteiger partial charge in [0, 0.05) is 12.7 Å². The van der Waals surface area contributed by atoms with Crippen LogP contribution in [0.3, 0.4) is 0 Å². The van der Waals surface area contributed by atoms with Crippen LogP contribution in [0.25, 0.3) is 11.5 Å². The number of aromatic nitrogens is 3. The van der Waals surface area contributed by atoms with Crippen LogP contribution >= 0.6 is 0 Å². The quantitative estimate of drug-likeness (QED) is 0.571. The second kappa shape index (κ2) is 9.57. The van der Waals surface area contributed by atoms with E-state index in [0.717, 1.165) is 5.56 Å². The number of hydrogen-bond donors (Lipinski definition) is 0. The number of carbonyl (C=O) groups is 1. The van der Waals surface area contributed by atoms with E-state index >= 15 is 0 Å². The molecule has 9 heteroatoms. The Morgan fingerprint density at radius 1 is 1.23 bits per heavy atom. The smallest absolute Gasteiger partial charge is 0.260 e. The fourth-order valence-corrected chi connectivity index (χ4v) is 3.22. The molecule has 2 aromatic heterocycles. The number of ether oxygens (including phenoxy) is 3. The van der Waals surface area contributed by atoms with E-state index in [-0.39, 0.29) is 12.5 Å². The van der Waals surface area contributed by atoms with Crippen molar-refractivity contribution in [1.82, 2.24) is 20.0 Å². The summed E-state index contributed by atoms with van der Waals surface area (Å²) in [5, 5.41) is 3.97. The van der Waals surface area contributed by atoms with Crippen molar-refractivity contribution in [3.8, 4) is 23.0 Å². The number of morpholine rings is 1. The Hall–Kier alpha value is -3.46. The number of nitrogens with zero attached hydrogens (tertiary/aromatic N) is 4. The van der Waals surface area contributed by atoms with Gasteiger partial charge in [-0.3, -0.25) is 9.78 Å². The zero-order valence-electron chi connectivity index (χ0n) is 17.5. The van der Waals surface area contributed by atoms with E-state index in [1.54, 1.807) is 17.2 Å². The minimum Gasteiger partial charge on any atom is -0.490 e. The maximum Gasteiger partial charge on any atom is 0.260 e. The summed E-state index contributed by atoms with van der Waals surface area (Å²) in [6.07, 6.45) is 1.16. The van der Waals surface area contributed by atoms with Gasteiger partial charge in [-0.25, -0.2) is 0 Å². The lowest BCUT2D eigenvalue weighted by Crippen LogP contribution is -2.44. The predicted molar refractivity (Wildman–Crippen MR) is 111 cm³/mol. The molecular weight excluding hydrogens is 400 g/mol. The maximum absolute atomic E-state index is 12.7. The lowest BCUT2D eigenvalue weighted by atomic mass is 10.2. The lowest BCUT2D eigenvalue weighted by Gasteiger charge is -2.31. The Kier molecular flexibility index (Phi) is 6.42. The zero-order chi connectivity index (χ0) is 21.6. The van der Waals surface area contributed by atoms with Crippen LogP contribution in [0.15, 0.2) is 47.1 Å². The van der Waals surface area contributed by atoms with Gasteiger partial charge in [0.2, 0.25) is 5.82 Å². The van der Waals surface area contributed by atoms with Crippen LogP contribution in [-0.4, -0.2) is 58.8 Å². The lowest BCUT2D eigenvalue weighted by molar-refractivity contribution is -0.142. The summed E-state index contributed by atoms with van der Waals surface area (Å²) < 4.78 is 22.5. The molecule has 1 fully saturated rings. The van der Waals surface area contributed by atoms with Crippen molar-refractivity contribution in [3.63, 3.8) is 0 Å². The van der Waals surface area contributed by atoms with Gasteiger partial charge in [-0.2, -0.15) is 4.98 Å². The molecule has 3 heterocycles. The van der Waals surface area contributed by atoms with Gasteiger partial charge in [0.15, 0.2) is 24.2 Å². The molecule has 162 valence electrons. The summed E-state index contributed by atoms with van der Waals surface area (Å²) in [7, 11) is 0. The van der Waals surface area contributed by atoms with Gasteiger partial charge in [0.05, 0.1) is 19.8 Å². The molecule has 1 aromatic carbocycles. The summed E-state index contributed by atoms with van der Waals surface area (Å²) in [6.45, 7) is 5.43. The van der Waals surface area contributed by atoms with E-state index in [1.165, 1.54) is 0 Å². The van der Waals surface area contributed by atoms with Crippen LogP contribution in [0, 0.1) is 6.92 Å². The molecule has 4 rings (SSSR count). The van der Waals surface area contributed by atoms with Crippen molar-refractivity contribution in [2.75, 3.05) is 32.9 Å². The summed E-state index contributed by atoms with van der Waals surface area (Å²) in [6, 6.07) is 11.1. The number of carbonyl (C=O) groups excluding carboxylic acids is 1. The second-order valence-electron chi connectivity index (χ2n) is 7.04. The third-order valence-corrected chi connectivity index (χ3v) is 4.78. The molecule has 9 nitrogen and oxygen atoms in total. The first-order valence-corrected chi connectivity index (χ1v) is 10.1. The molecule has 0 unspecified atom stereocenters. The molecule has 0 aliphatic carbocycles. The summed E-state index contributed by atoms with van der Waals surface area (Å²) >= 11 is 0. The fraction of sp³-hybridized carbons (Fsp3) is 0.364. The molecule has 1 aliphatic heterocycles. The van der Waals surface area contributed by atoms with E-state index in [0.29, 0.717) is 55.2 Å². The van der Waals surface area contributed by atoms with Gasteiger partial charge in [-0.05, 0) is 43.7 Å². The molecule has 1 aliphatic rings. The Morgan fingerprint density at radius 2 is 2.13 bits per heavy atom. The highest BCUT2D eigenvalue weighted by molar-refractivity contribution is 5.78. The molecule has 0 saturated carbocycles. The van der Waals surface area contributed by atoms with Crippen LogP contribution in [0.4, 0.5) is 0 Å². The second-order valence-corrected chi connectivity index (χ2v) is 7.04. The van der Waals surface area contributed by atoms with Crippen molar-refractivity contribution in [1.29, 1.82) is 0 Å². The van der Waals surface area contributed by atoms with Crippen LogP contribution in [-0.2, 0) is 9.53 Å². The maximum atomic E-state index is 12.7. The van der Waals surface area contributed by atoms with E-state index in [9.17, 15) is 4.79 Å². The van der Waals surface area contributed by atoms with Gasteiger partial charge in [0.1, 0.15) is 5.69 Å². The average Bonchev–Trinajstić information content (AvgIpc) is 3.30. The average molecular weight is 424 g/mol. The number of pyridine rings is 1. The Balaban J connectivity index is 1.38. The highest BCUT2D eigenvalue weighted by atomic mass is 16.5. The van der Waals surface area contributed by atoms with Crippen molar-refractivity contribution >= 4 is 5.91 Å². The molecule has 31 heavy (non-hydrogen) atoms. The highest BCUT2D eigenvalue weighted by Gasteiger charge is 2.30. The van der Waals surface area contributed by atoms with E-state index in [4.69, 9.17) is 18.7 Å². The van der Waals surface area contributed by atoms with Crippen molar-refractivity contribution in [2.24, 2.45) is 0 Å². The van der Waals surface area contributed by atoms with Crippen molar-refractivity contribution < 1.29 is 23.5 Å². The monoisotopic (exact) mass is 424 g/mol. The van der Waals surface area contributed by atoms with Gasteiger partial charge in [-0.15, -0.1) is 0 Å². The minimum absolute atomic E-state index is 0.0983. The van der Waals surface area contributed by atoms with E-state index in [2.05, 4.69) is 15.1 Å². The molecule has 1 saturated heterocycles. The first kappa shape index (κ1) is 20.8. The van der Waals surface area contributed by atoms with Crippen LogP contribution in [0.1, 0.15) is 24.5 Å². The topological polar surface area (TPSA) is 99.8 Å². The molecular formula is C22H24N4O5. The Morgan fingerprint density at radius 3 is 2.94 bits per heavy atom. The predicted octanol–water partition coefficient (Wildman–Crippen LogP) is 2.82. The molecule has 0 spiro atoms. The third kappa shape index (κ3) is 5.00. The molecule has 3 aromatic rings. The van der Waals surface area contributed by atoms with Gasteiger partial charge < -0.3 is 23.6 Å². The summed E-state index contributed by atoms with van der Waals surface area (Å²) in [5.41, 5.74) is 1.67. The van der Waals surface area contributed by atoms with Crippen LogP contribution < -0.4 is 9.47 Å². The standard InChI is InChI=1S/C22H24N4O5/c1-3-28-18-12-15(2)7-8-17(18)30-14-20(27)26-10-11-29-19(13-26)22-24-21(25-31-22)16-6-4-5-9-23-16/h4-9,12,19H,3,10-11,13-14H2,1-2H3/t19-/m1/s1. The minimum atomic E-state index is -0.499. The van der Waals surface area contributed by atoms with Crippen molar-refractivity contribution in [3.05, 3.63) is 54.0 Å². The number of benzene rings is 1. The zero-order valence-corrected chi connectivity index (χ0v) is 17.5. The van der Waals surface area contributed by atoms with E-state index < -0.39 is 6.10 Å². The van der Waals surface area contributed by atoms with Gasteiger partial charge >= 0.3 is 0 Å². The number of hydrogen-bond acceptors (Lipinski definition) is 8. The SMILES string of the molecule is CCOc1cc(C)ccc1OCC(=O)N1CCO[C@@H](c2nc(-c3ccccn3)no2)C1. The molecule has 0 N–H and O–H groups in total. The van der Waals surface area contributed by atoms with Crippen LogP contribution in [0.2, 0.25) is 0 Å². The number of aryl methyl sites for hydroxylation is 1.